The van der Waals surface area contributed by atoms with E-state index in [0.717, 1.165) is 12.0 Å². The molecule has 1 aromatic rings. The lowest BCUT2D eigenvalue weighted by molar-refractivity contribution is -0.157. The summed E-state index contributed by atoms with van der Waals surface area (Å²) in [4.78, 5) is 24.7. The highest BCUT2D eigenvalue weighted by molar-refractivity contribution is 6.32. The van der Waals surface area contributed by atoms with Crippen molar-refractivity contribution in [2.24, 2.45) is 11.8 Å². The van der Waals surface area contributed by atoms with Crippen LogP contribution in [0, 0.1) is 11.8 Å². The van der Waals surface area contributed by atoms with Gasteiger partial charge in [0, 0.05) is 32.4 Å². The number of hydrogen-bond acceptors (Lipinski definition) is 10. The molecule has 2 aliphatic heterocycles. The zero-order valence-electron chi connectivity index (χ0n) is 30.7. The molecule has 1 aromatic carbocycles. The standard InChI is InChI=1S/C38H58BNO9/c1-9-30(46-8)25(4)34-35(49-34)36(40-22-27-13-15-28(39)16-14-27)38(7,45)19-10-11-23(2)33-24(3)12-17-31(47-26(5)41)37(6,44)20-18-29(42)21-32(43)48-33/h10-17,19,24-25,29-31,33-36,40,42,44-45H,9,18,20-22,39H2,1-8H3/b17-12+,19-10+,23-11+/t24-,25+,29+,30-,31-,33?,34+,35-,36?,37+,38?/m0/s1. The molecule has 3 rings (SSSR count). The summed E-state index contributed by atoms with van der Waals surface area (Å²) in [5.41, 5.74) is 0.189. The van der Waals surface area contributed by atoms with Gasteiger partial charge in [-0.15, -0.1) is 0 Å². The molecule has 2 aliphatic rings. The van der Waals surface area contributed by atoms with Gasteiger partial charge in [0.25, 0.3) is 0 Å². The molecule has 0 saturated carbocycles. The molecule has 0 aromatic heterocycles. The van der Waals surface area contributed by atoms with Crippen molar-refractivity contribution >= 4 is 25.2 Å². The summed E-state index contributed by atoms with van der Waals surface area (Å²) in [5, 5.41) is 37.0. The Morgan fingerprint density at radius 1 is 1.22 bits per heavy atom. The van der Waals surface area contributed by atoms with Crippen LogP contribution in [-0.2, 0) is 35.1 Å². The van der Waals surface area contributed by atoms with Crippen molar-refractivity contribution < 1.29 is 43.9 Å². The van der Waals surface area contributed by atoms with E-state index in [0.29, 0.717) is 12.1 Å². The highest BCUT2D eigenvalue weighted by Gasteiger charge is 2.54. The minimum Gasteiger partial charge on any atom is -0.457 e. The van der Waals surface area contributed by atoms with Gasteiger partial charge in [-0.2, -0.15) is 0 Å². The van der Waals surface area contributed by atoms with Gasteiger partial charge in [0.1, 0.15) is 31.8 Å². The fourth-order valence-electron chi connectivity index (χ4n) is 6.60. The number of cyclic esters (lactones) is 1. The Bertz CT molecular complexity index is 1320. The van der Waals surface area contributed by atoms with Gasteiger partial charge in [0.05, 0.1) is 36.4 Å². The van der Waals surface area contributed by atoms with Gasteiger partial charge in [-0.25, -0.2) is 0 Å². The topological polar surface area (TPSA) is 147 Å². The molecule has 272 valence electrons. The fourth-order valence-corrected chi connectivity index (χ4v) is 6.60. The van der Waals surface area contributed by atoms with Crippen molar-refractivity contribution in [2.45, 2.75) is 135 Å². The van der Waals surface area contributed by atoms with Crippen molar-refractivity contribution in [3.05, 3.63) is 65.8 Å². The maximum atomic E-state index is 12.9. The first kappa shape index (κ1) is 40.6. The molecule has 0 spiro atoms. The van der Waals surface area contributed by atoms with Crippen molar-refractivity contribution in [2.75, 3.05) is 7.11 Å². The molecule has 11 atom stereocenters. The normalized spacial score (nSPS) is 32.1. The van der Waals surface area contributed by atoms with Crippen LogP contribution in [0.1, 0.15) is 79.7 Å². The first-order valence-corrected chi connectivity index (χ1v) is 17.5. The molecule has 49 heavy (non-hydrogen) atoms. The Kier molecular flexibility index (Phi) is 14.9. The third-order valence-electron chi connectivity index (χ3n) is 9.83. The molecule has 0 bridgehead atoms. The third-order valence-corrected chi connectivity index (χ3v) is 9.83. The van der Waals surface area contributed by atoms with Gasteiger partial charge in [-0.3, -0.25) is 9.59 Å². The predicted molar refractivity (Wildman–Crippen MR) is 192 cm³/mol. The van der Waals surface area contributed by atoms with Crippen LogP contribution in [-0.4, -0.2) is 96.1 Å². The monoisotopic (exact) mass is 683 g/mol. The number of carbonyl (C=O) groups excluding carboxylic acids is 2. The minimum atomic E-state index is -1.45. The Balaban J connectivity index is 1.87. The molecule has 10 nitrogen and oxygen atoms in total. The van der Waals surface area contributed by atoms with Gasteiger partial charge in [0.15, 0.2) is 0 Å². The highest BCUT2D eigenvalue weighted by Crippen LogP contribution is 2.39. The average Bonchev–Trinajstić information content (AvgIpc) is 3.81. The Morgan fingerprint density at radius 2 is 1.90 bits per heavy atom. The minimum absolute atomic E-state index is 0.0417. The maximum absolute atomic E-state index is 12.9. The van der Waals surface area contributed by atoms with E-state index in [2.05, 4.69) is 43.4 Å². The first-order chi connectivity index (χ1) is 23.0. The number of rotatable bonds is 13. The second kappa shape index (κ2) is 17.9. The molecular formula is C38H58BNO9. The van der Waals surface area contributed by atoms with E-state index in [1.807, 2.05) is 21.7 Å². The van der Waals surface area contributed by atoms with Crippen LogP contribution < -0.4 is 10.8 Å². The van der Waals surface area contributed by atoms with Crippen LogP contribution in [0.3, 0.4) is 0 Å². The lowest BCUT2D eigenvalue weighted by atomic mass is 9.87. The van der Waals surface area contributed by atoms with E-state index in [-0.39, 0.29) is 49.4 Å². The quantitative estimate of drug-likeness (QED) is 0.0805. The third kappa shape index (κ3) is 11.9. The number of esters is 2. The number of epoxide rings is 1. The number of nitrogens with one attached hydrogen (secondary N) is 1. The number of allylic oxidation sites excluding steroid dienone is 2. The molecule has 0 radical (unpaired) electrons. The molecule has 2 heterocycles. The SMILES string of the molecule is Bc1ccc(CNC([C@H]2O[C@@H]2[C@H](C)[C@H](CC)OC)C(C)(O)/C=C/C=C(\C)C2OC(=O)C[C@H](O)CC[C@@](C)(O)[C@@H](OC(C)=O)/C=C/[C@@H]2C)cc1. The number of aliphatic hydroxyl groups excluding tert-OH is 1. The van der Waals surface area contributed by atoms with E-state index < -0.39 is 47.5 Å². The summed E-state index contributed by atoms with van der Waals surface area (Å²) in [6, 6.07) is 7.82. The first-order valence-electron chi connectivity index (χ1n) is 17.5. The summed E-state index contributed by atoms with van der Waals surface area (Å²) >= 11 is 0. The van der Waals surface area contributed by atoms with Crippen molar-refractivity contribution in [3.63, 3.8) is 0 Å². The second-order valence-corrected chi connectivity index (χ2v) is 14.4. The van der Waals surface area contributed by atoms with E-state index in [9.17, 15) is 24.9 Å². The van der Waals surface area contributed by atoms with Crippen molar-refractivity contribution in [1.29, 1.82) is 0 Å². The fraction of sp³-hybridized carbons (Fsp3) is 0.632. The number of ether oxygens (including phenoxy) is 4. The van der Waals surface area contributed by atoms with E-state index in [1.165, 1.54) is 12.4 Å². The molecule has 4 N–H and O–H groups in total. The van der Waals surface area contributed by atoms with Crippen molar-refractivity contribution in [3.8, 4) is 0 Å². The van der Waals surface area contributed by atoms with E-state index >= 15 is 0 Å². The molecule has 1 saturated heterocycles. The number of aliphatic hydroxyl groups is 3. The lowest BCUT2D eigenvalue weighted by Gasteiger charge is -2.32. The van der Waals surface area contributed by atoms with Gasteiger partial charge < -0.3 is 39.6 Å². The van der Waals surface area contributed by atoms with Crippen LogP contribution >= 0.6 is 0 Å². The van der Waals surface area contributed by atoms with E-state index in [4.69, 9.17) is 18.9 Å². The molecule has 0 amide bonds. The zero-order valence-corrected chi connectivity index (χ0v) is 30.7. The Hall–Kier alpha value is -2.80. The highest BCUT2D eigenvalue weighted by atomic mass is 16.6. The van der Waals surface area contributed by atoms with Crippen LogP contribution in [0.5, 0.6) is 0 Å². The number of methoxy groups -OCH3 is 1. The van der Waals surface area contributed by atoms with Gasteiger partial charge in [-0.05, 0) is 57.2 Å². The van der Waals surface area contributed by atoms with Crippen molar-refractivity contribution in [1.82, 2.24) is 5.32 Å². The predicted octanol–water partition coefficient (Wildman–Crippen LogP) is 2.82. The maximum Gasteiger partial charge on any atom is 0.309 e. The second-order valence-electron chi connectivity index (χ2n) is 14.4. The summed E-state index contributed by atoms with van der Waals surface area (Å²) in [7, 11) is 3.76. The summed E-state index contributed by atoms with van der Waals surface area (Å²) in [6.07, 6.45) is 6.50. The molecule has 3 unspecified atom stereocenters. The lowest BCUT2D eigenvalue weighted by Crippen LogP contribution is -2.52. The molecule has 1 fully saturated rings. The van der Waals surface area contributed by atoms with Crippen LogP contribution in [0.25, 0.3) is 0 Å². The van der Waals surface area contributed by atoms with Crippen LogP contribution in [0.4, 0.5) is 0 Å². The Morgan fingerprint density at radius 3 is 2.51 bits per heavy atom. The van der Waals surface area contributed by atoms with Gasteiger partial charge >= 0.3 is 11.9 Å². The van der Waals surface area contributed by atoms with E-state index in [1.54, 1.807) is 51.3 Å². The number of benzene rings is 1. The number of hydrogen-bond donors (Lipinski definition) is 4. The van der Waals surface area contributed by atoms with Gasteiger partial charge in [-0.1, -0.05) is 74.8 Å². The van der Waals surface area contributed by atoms with Crippen LogP contribution in [0.15, 0.2) is 60.2 Å². The smallest absolute Gasteiger partial charge is 0.309 e. The average molecular weight is 684 g/mol. The Labute approximate surface area is 293 Å². The largest absolute Gasteiger partial charge is 0.457 e. The van der Waals surface area contributed by atoms with Gasteiger partial charge in [0.2, 0.25) is 0 Å². The zero-order chi connectivity index (χ0) is 36.5. The number of carbonyl (C=O) groups is 2. The summed E-state index contributed by atoms with van der Waals surface area (Å²) < 4.78 is 23.2. The van der Waals surface area contributed by atoms with Crippen LogP contribution in [0.2, 0.25) is 0 Å². The molecule has 11 heteroatoms. The summed E-state index contributed by atoms with van der Waals surface area (Å²) in [5.74, 6) is -1.35. The molecular weight excluding hydrogens is 625 g/mol. The summed E-state index contributed by atoms with van der Waals surface area (Å²) in [6.45, 7) is 13.0. The molecule has 0 aliphatic carbocycles.